The smallest absolute Gasteiger partial charge is 0.127 e. The molecule has 0 aliphatic carbocycles. The lowest BCUT2D eigenvalue weighted by atomic mass is 9.91. The number of methoxy groups -OCH3 is 1. The third-order valence-electron chi connectivity index (χ3n) is 3.40. The fourth-order valence-electron chi connectivity index (χ4n) is 2.28. The average molecular weight is 254 g/mol. The number of carbonyl (C=O) groups excluding carboxylic acids is 1. The molecule has 2 aromatic rings. The molecule has 0 radical (unpaired) electrons. The second kappa shape index (κ2) is 6.19. The van der Waals surface area contributed by atoms with Crippen molar-refractivity contribution in [3.05, 3.63) is 65.2 Å². The molecule has 0 aromatic heterocycles. The van der Waals surface area contributed by atoms with Crippen LogP contribution in [0.4, 0.5) is 0 Å². The molecule has 2 rings (SSSR count). The summed E-state index contributed by atoms with van der Waals surface area (Å²) in [6.07, 6.45) is 1.71. The number of ether oxygens (including phenoxy) is 1. The fraction of sp³-hybridized carbons (Fsp3) is 0.235. The van der Waals surface area contributed by atoms with Crippen molar-refractivity contribution in [3.63, 3.8) is 0 Å². The molecule has 2 nitrogen and oxygen atoms in total. The van der Waals surface area contributed by atoms with Gasteiger partial charge in [0.15, 0.2) is 0 Å². The molecule has 0 saturated heterocycles. The van der Waals surface area contributed by atoms with Gasteiger partial charge < -0.3 is 9.53 Å². The van der Waals surface area contributed by atoms with Crippen molar-refractivity contribution in [1.29, 1.82) is 0 Å². The van der Waals surface area contributed by atoms with Gasteiger partial charge in [-0.15, -0.1) is 0 Å². The largest absolute Gasteiger partial charge is 0.496 e. The Morgan fingerprint density at radius 2 is 1.79 bits per heavy atom. The Morgan fingerprint density at radius 3 is 2.47 bits per heavy atom. The molecule has 0 aliphatic rings. The molecule has 19 heavy (non-hydrogen) atoms. The minimum Gasteiger partial charge on any atom is -0.496 e. The Balaban J connectivity index is 2.31. The van der Waals surface area contributed by atoms with Crippen molar-refractivity contribution in [3.8, 4) is 5.75 Å². The average Bonchev–Trinajstić information content (AvgIpc) is 2.46. The first-order valence-corrected chi connectivity index (χ1v) is 6.39. The van der Waals surface area contributed by atoms with Gasteiger partial charge in [0.1, 0.15) is 12.0 Å². The molecule has 0 N–H and O–H groups in total. The first kappa shape index (κ1) is 13.3. The molecule has 0 fully saturated rings. The maximum atomic E-state index is 11.4. The monoisotopic (exact) mass is 254 g/mol. The molecule has 0 saturated carbocycles. The molecule has 0 heterocycles. The lowest BCUT2D eigenvalue weighted by molar-refractivity contribution is -0.109. The zero-order chi connectivity index (χ0) is 13.7. The van der Waals surface area contributed by atoms with Gasteiger partial charge in [-0.2, -0.15) is 0 Å². The van der Waals surface area contributed by atoms with Crippen LogP contribution in [-0.2, 0) is 11.2 Å². The SMILES string of the molecule is COc1ccccc1C(C=O)Cc1ccccc1C. The highest BCUT2D eigenvalue weighted by atomic mass is 16.5. The first-order chi connectivity index (χ1) is 9.26. The third kappa shape index (κ3) is 3.02. The highest BCUT2D eigenvalue weighted by Crippen LogP contribution is 2.28. The molecule has 0 spiro atoms. The van der Waals surface area contributed by atoms with Gasteiger partial charge in [-0.05, 0) is 30.5 Å². The molecule has 0 bridgehead atoms. The van der Waals surface area contributed by atoms with Gasteiger partial charge in [-0.1, -0.05) is 42.5 Å². The van der Waals surface area contributed by atoms with E-state index in [1.807, 2.05) is 36.4 Å². The molecule has 2 aromatic carbocycles. The Kier molecular flexibility index (Phi) is 4.35. The van der Waals surface area contributed by atoms with Crippen LogP contribution in [0.1, 0.15) is 22.6 Å². The summed E-state index contributed by atoms with van der Waals surface area (Å²) >= 11 is 0. The topological polar surface area (TPSA) is 26.3 Å². The summed E-state index contributed by atoms with van der Waals surface area (Å²) in [5, 5.41) is 0. The predicted molar refractivity (Wildman–Crippen MR) is 76.7 cm³/mol. The summed E-state index contributed by atoms with van der Waals surface area (Å²) in [6, 6.07) is 15.9. The van der Waals surface area contributed by atoms with E-state index in [1.54, 1.807) is 7.11 Å². The second-order valence-corrected chi connectivity index (χ2v) is 4.62. The van der Waals surface area contributed by atoms with E-state index in [0.29, 0.717) is 6.42 Å². The molecular weight excluding hydrogens is 236 g/mol. The van der Waals surface area contributed by atoms with Gasteiger partial charge in [-0.3, -0.25) is 0 Å². The normalized spacial score (nSPS) is 11.9. The van der Waals surface area contributed by atoms with Gasteiger partial charge in [-0.25, -0.2) is 0 Å². The number of aryl methyl sites for hydroxylation is 1. The van der Waals surface area contributed by atoms with E-state index >= 15 is 0 Å². The number of rotatable bonds is 5. The lowest BCUT2D eigenvalue weighted by Gasteiger charge is -2.15. The third-order valence-corrected chi connectivity index (χ3v) is 3.40. The van der Waals surface area contributed by atoms with Crippen LogP contribution in [0.25, 0.3) is 0 Å². The predicted octanol–water partition coefficient (Wildman–Crippen LogP) is 3.53. The van der Waals surface area contributed by atoms with E-state index < -0.39 is 0 Å². The molecule has 2 heteroatoms. The molecule has 1 atom stereocenters. The van der Waals surface area contributed by atoms with Crippen LogP contribution in [0, 0.1) is 6.92 Å². The van der Waals surface area contributed by atoms with Gasteiger partial charge in [0.25, 0.3) is 0 Å². The first-order valence-electron chi connectivity index (χ1n) is 6.39. The number of hydrogen-bond acceptors (Lipinski definition) is 2. The van der Waals surface area contributed by atoms with Crippen molar-refractivity contribution in [2.75, 3.05) is 7.11 Å². The molecule has 1 unspecified atom stereocenters. The van der Waals surface area contributed by atoms with E-state index in [0.717, 1.165) is 17.6 Å². The lowest BCUT2D eigenvalue weighted by Crippen LogP contribution is -2.07. The number of carbonyl (C=O) groups is 1. The number of para-hydroxylation sites is 1. The summed E-state index contributed by atoms with van der Waals surface area (Å²) in [5.41, 5.74) is 3.36. The van der Waals surface area contributed by atoms with Crippen LogP contribution in [0.5, 0.6) is 5.75 Å². The Hall–Kier alpha value is -2.09. The molecular formula is C17H18O2. The summed E-state index contributed by atoms with van der Waals surface area (Å²) < 4.78 is 5.34. The van der Waals surface area contributed by atoms with E-state index in [9.17, 15) is 4.79 Å². The van der Waals surface area contributed by atoms with Gasteiger partial charge in [0.2, 0.25) is 0 Å². The summed E-state index contributed by atoms with van der Waals surface area (Å²) in [5.74, 6) is 0.602. The Labute approximate surface area is 114 Å². The minimum atomic E-state index is -0.169. The zero-order valence-corrected chi connectivity index (χ0v) is 11.3. The van der Waals surface area contributed by atoms with Crippen LogP contribution in [0.2, 0.25) is 0 Å². The van der Waals surface area contributed by atoms with Gasteiger partial charge in [0, 0.05) is 11.5 Å². The Bertz CT molecular complexity index is 561. The standard InChI is InChI=1S/C17H18O2/c1-13-7-3-4-8-14(13)11-15(12-18)16-9-5-6-10-17(16)19-2/h3-10,12,15H,11H2,1-2H3. The number of hydrogen-bond donors (Lipinski definition) is 0. The van der Waals surface area contributed by atoms with E-state index in [2.05, 4.69) is 19.1 Å². The number of aldehydes is 1. The van der Waals surface area contributed by atoms with Crippen molar-refractivity contribution in [2.45, 2.75) is 19.3 Å². The van der Waals surface area contributed by atoms with Crippen LogP contribution in [0.15, 0.2) is 48.5 Å². The maximum Gasteiger partial charge on any atom is 0.127 e. The van der Waals surface area contributed by atoms with Crippen molar-refractivity contribution in [2.24, 2.45) is 0 Å². The van der Waals surface area contributed by atoms with Crippen molar-refractivity contribution >= 4 is 6.29 Å². The highest BCUT2D eigenvalue weighted by molar-refractivity contribution is 5.65. The quantitative estimate of drug-likeness (QED) is 0.763. The fourth-order valence-corrected chi connectivity index (χ4v) is 2.28. The summed E-state index contributed by atoms with van der Waals surface area (Å²) in [4.78, 5) is 11.4. The summed E-state index contributed by atoms with van der Waals surface area (Å²) in [7, 11) is 1.63. The van der Waals surface area contributed by atoms with E-state index in [4.69, 9.17) is 4.74 Å². The van der Waals surface area contributed by atoms with E-state index in [1.165, 1.54) is 11.1 Å². The molecule has 0 aliphatic heterocycles. The van der Waals surface area contributed by atoms with Gasteiger partial charge in [0.05, 0.1) is 7.11 Å². The number of benzene rings is 2. The van der Waals surface area contributed by atoms with Crippen molar-refractivity contribution in [1.82, 2.24) is 0 Å². The second-order valence-electron chi connectivity index (χ2n) is 4.62. The zero-order valence-electron chi connectivity index (χ0n) is 11.3. The summed E-state index contributed by atoms with van der Waals surface area (Å²) in [6.45, 7) is 2.07. The molecule has 0 amide bonds. The van der Waals surface area contributed by atoms with Gasteiger partial charge >= 0.3 is 0 Å². The van der Waals surface area contributed by atoms with Crippen LogP contribution in [-0.4, -0.2) is 13.4 Å². The maximum absolute atomic E-state index is 11.4. The van der Waals surface area contributed by atoms with Crippen LogP contribution < -0.4 is 4.74 Å². The van der Waals surface area contributed by atoms with E-state index in [-0.39, 0.29) is 5.92 Å². The minimum absolute atomic E-state index is 0.169. The van der Waals surface area contributed by atoms with Crippen LogP contribution >= 0.6 is 0 Å². The van der Waals surface area contributed by atoms with Crippen molar-refractivity contribution < 1.29 is 9.53 Å². The Morgan fingerprint density at radius 1 is 1.11 bits per heavy atom. The van der Waals surface area contributed by atoms with Crippen LogP contribution in [0.3, 0.4) is 0 Å². The highest BCUT2D eigenvalue weighted by Gasteiger charge is 2.16. The molecule has 98 valence electrons.